The van der Waals surface area contributed by atoms with Gasteiger partial charge in [0.05, 0.1) is 30.7 Å². The molecule has 1 aliphatic carbocycles. The van der Waals surface area contributed by atoms with Crippen LogP contribution in [-0.2, 0) is 29.9 Å². The minimum atomic E-state index is -4.64. The van der Waals surface area contributed by atoms with Crippen LogP contribution >= 0.6 is 0 Å². The molecule has 3 aromatic rings. The summed E-state index contributed by atoms with van der Waals surface area (Å²) < 4.78 is 66.1. The zero-order valence-electron chi connectivity index (χ0n) is 22.6. The number of halogens is 4. The number of amides is 1. The van der Waals surface area contributed by atoms with E-state index in [-0.39, 0.29) is 48.3 Å². The fraction of sp³-hybridized carbons (Fsp3) is 0.483. The number of aryl methyl sites for hydroxylation is 1. The molecule has 0 bridgehead atoms. The van der Waals surface area contributed by atoms with Gasteiger partial charge in [-0.15, -0.1) is 10.2 Å². The van der Waals surface area contributed by atoms with Gasteiger partial charge in [0.2, 0.25) is 0 Å². The minimum absolute atomic E-state index is 0.0241. The maximum absolute atomic E-state index is 16.1. The Morgan fingerprint density at radius 2 is 1.88 bits per heavy atom. The Morgan fingerprint density at radius 1 is 1.15 bits per heavy atom. The lowest BCUT2D eigenvalue weighted by Crippen LogP contribution is -2.51. The van der Waals surface area contributed by atoms with Crippen molar-refractivity contribution in [2.75, 3.05) is 18.1 Å². The first kappa shape index (κ1) is 26.9. The van der Waals surface area contributed by atoms with E-state index in [2.05, 4.69) is 22.4 Å². The number of nitrogens with zero attached hydrogens (tertiary/aromatic N) is 4. The smallest absolute Gasteiger partial charge is 0.379 e. The highest BCUT2D eigenvalue weighted by Gasteiger charge is 2.53. The predicted molar refractivity (Wildman–Crippen MR) is 140 cm³/mol. The van der Waals surface area contributed by atoms with Gasteiger partial charge in [-0.2, -0.15) is 13.2 Å². The Kier molecular flexibility index (Phi) is 6.30. The number of alkyl halides is 4. The number of hydrogen-bond donors (Lipinski definition) is 1. The third-order valence-electron chi connectivity index (χ3n) is 8.80. The van der Waals surface area contributed by atoms with Crippen LogP contribution in [0.5, 0.6) is 0 Å². The number of benzene rings is 2. The Balaban J connectivity index is 1.40. The largest absolute Gasteiger partial charge is 0.416 e. The number of ether oxygens (including phenoxy) is 1. The number of hydrogen-bond acceptors (Lipinski definition) is 5. The second-order valence-corrected chi connectivity index (χ2v) is 11.6. The SMILES string of the molecule is C[C@H](NC1(C)CCC1)c1cc2c(c(C(F)(F)F)c1)CN(c1ccccc1C1([C@@H](F)c3nncn3C)COC1)C2=O. The Morgan fingerprint density at radius 3 is 2.45 bits per heavy atom. The molecule has 1 N–H and O–H groups in total. The Hall–Kier alpha value is -3.31. The van der Waals surface area contributed by atoms with Crippen molar-refractivity contribution < 1.29 is 27.1 Å². The number of carbonyl (C=O) groups is 1. The average Bonchev–Trinajstić information content (AvgIpc) is 3.44. The van der Waals surface area contributed by atoms with Crippen LogP contribution in [0.15, 0.2) is 42.7 Å². The maximum Gasteiger partial charge on any atom is 0.416 e. The summed E-state index contributed by atoms with van der Waals surface area (Å²) in [6, 6.07) is 9.14. The summed E-state index contributed by atoms with van der Waals surface area (Å²) in [6.07, 6.45) is -1.87. The second-order valence-electron chi connectivity index (χ2n) is 11.6. The molecule has 3 aliphatic rings. The summed E-state index contributed by atoms with van der Waals surface area (Å²) >= 11 is 0. The van der Waals surface area contributed by atoms with E-state index in [0.29, 0.717) is 16.8 Å². The summed E-state index contributed by atoms with van der Waals surface area (Å²) in [4.78, 5) is 15.2. The summed E-state index contributed by atoms with van der Waals surface area (Å²) in [5, 5.41) is 11.2. The molecule has 1 amide bonds. The quantitative estimate of drug-likeness (QED) is 0.385. The number of nitrogens with one attached hydrogen (secondary N) is 1. The van der Waals surface area contributed by atoms with Gasteiger partial charge < -0.3 is 19.5 Å². The molecule has 0 radical (unpaired) electrons. The molecule has 212 valence electrons. The van der Waals surface area contributed by atoms with Gasteiger partial charge in [-0.25, -0.2) is 4.39 Å². The molecule has 40 heavy (non-hydrogen) atoms. The first-order chi connectivity index (χ1) is 18.9. The van der Waals surface area contributed by atoms with Crippen molar-refractivity contribution in [3.8, 4) is 0 Å². The van der Waals surface area contributed by atoms with E-state index in [4.69, 9.17) is 4.74 Å². The number of aromatic nitrogens is 3. The summed E-state index contributed by atoms with van der Waals surface area (Å²) in [7, 11) is 1.64. The van der Waals surface area contributed by atoms with Crippen molar-refractivity contribution in [2.24, 2.45) is 7.05 Å². The van der Waals surface area contributed by atoms with Gasteiger partial charge in [0, 0.05) is 29.9 Å². The molecule has 0 unspecified atom stereocenters. The van der Waals surface area contributed by atoms with Gasteiger partial charge in [0.25, 0.3) is 5.91 Å². The molecular weight excluding hydrogens is 526 g/mol. The third-order valence-corrected chi connectivity index (χ3v) is 8.80. The van der Waals surface area contributed by atoms with Crippen molar-refractivity contribution >= 4 is 11.6 Å². The van der Waals surface area contributed by atoms with Crippen LogP contribution in [0.1, 0.15) is 83.8 Å². The van der Waals surface area contributed by atoms with E-state index in [0.717, 1.165) is 25.3 Å². The van der Waals surface area contributed by atoms with Crippen LogP contribution in [-0.4, -0.2) is 39.4 Å². The number of anilines is 1. The van der Waals surface area contributed by atoms with E-state index in [1.165, 1.54) is 15.8 Å². The Bertz CT molecular complexity index is 1460. The molecular formula is C29H31F4N5O2. The maximum atomic E-state index is 16.1. The van der Waals surface area contributed by atoms with Gasteiger partial charge >= 0.3 is 6.18 Å². The van der Waals surface area contributed by atoms with Crippen LogP contribution < -0.4 is 10.2 Å². The van der Waals surface area contributed by atoms with E-state index in [1.807, 2.05) is 6.92 Å². The molecule has 7 nitrogen and oxygen atoms in total. The zero-order chi connectivity index (χ0) is 28.4. The van der Waals surface area contributed by atoms with E-state index >= 15 is 4.39 Å². The minimum Gasteiger partial charge on any atom is -0.379 e. The topological polar surface area (TPSA) is 72.3 Å². The number of fused-ring (bicyclic) bond motifs is 1. The van der Waals surface area contributed by atoms with Crippen LogP contribution in [0.25, 0.3) is 0 Å². The standard InChI is InChI=1S/C29H31F4N5O2/c1-17(35-27(2)9-6-10-27)18-11-19-20(22(12-18)29(31,32)33)13-38(26(19)39)23-8-5-4-7-21(23)28(14-40-15-28)24(30)25-36-34-16-37(25)3/h4-5,7-8,11-12,16-17,24,35H,6,9-10,13-15H2,1-3H3/t17-,24-/m0/s1. The van der Waals surface area contributed by atoms with E-state index in [1.54, 1.807) is 37.4 Å². The molecule has 2 fully saturated rings. The molecule has 2 atom stereocenters. The lowest BCUT2D eigenvalue weighted by molar-refractivity contribution is -0.138. The van der Waals surface area contributed by atoms with Crippen LogP contribution in [0.2, 0.25) is 0 Å². The number of carbonyl (C=O) groups excluding carboxylic acids is 1. The molecule has 1 saturated heterocycles. The lowest BCUT2D eigenvalue weighted by Gasteiger charge is -2.45. The number of para-hydroxylation sites is 1. The van der Waals surface area contributed by atoms with E-state index < -0.39 is 29.2 Å². The second kappa shape index (κ2) is 9.37. The molecule has 1 saturated carbocycles. The fourth-order valence-electron chi connectivity index (χ4n) is 6.24. The first-order valence-electron chi connectivity index (χ1n) is 13.4. The highest BCUT2D eigenvalue weighted by Crippen LogP contribution is 2.50. The molecule has 2 aromatic carbocycles. The van der Waals surface area contributed by atoms with Crippen LogP contribution in [0, 0.1) is 0 Å². The number of rotatable bonds is 7. The average molecular weight is 558 g/mol. The molecule has 3 heterocycles. The summed E-state index contributed by atoms with van der Waals surface area (Å²) in [5.74, 6) is -0.430. The zero-order valence-corrected chi connectivity index (χ0v) is 22.6. The normalized spacial score (nSPS) is 21.0. The van der Waals surface area contributed by atoms with Gasteiger partial charge in [0.1, 0.15) is 6.33 Å². The van der Waals surface area contributed by atoms with Gasteiger partial charge in [-0.3, -0.25) is 4.79 Å². The Labute approximate surface area is 229 Å². The summed E-state index contributed by atoms with van der Waals surface area (Å²) in [6.45, 7) is 3.69. The molecule has 1 aromatic heterocycles. The van der Waals surface area contributed by atoms with Crippen molar-refractivity contribution in [2.45, 2.75) is 69.0 Å². The molecule has 11 heteroatoms. The predicted octanol–water partition coefficient (Wildman–Crippen LogP) is 5.57. The van der Waals surface area contributed by atoms with Gasteiger partial charge in [-0.05, 0) is 68.0 Å². The summed E-state index contributed by atoms with van der Waals surface area (Å²) in [5.41, 5.74) is -0.891. The monoisotopic (exact) mass is 557 g/mol. The molecule has 6 rings (SSSR count). The van der Waals surface area contributed by atoms with Crippen molar-refractivity contribution in [1.82, 2.24) is 20.1 Å². The highest BCUT2D eigenvalue weighted by molar-refractivity contribution is 6.11. The van der Waals surface area contributed by atoms with Gasteiger partial charge in [-0.1, -0.05) is 18.2 Å². The third kappa shape index (κ3) is 4.21. The van der Waals surface area contributed by atoms with Gasteiger partial charge in [0.15, 0.2) is 12.0 Å². The lowest BCUT2D eigenvalue weighted by atomic mass is 9.73. The van der Waals surface area contributed by atoms with E-state index in [9.17, 15) is 18.0 Å². The fourth-order valence-corrected chi connectivity index (χ4v) is 6.24. The van der Waals surface area contributed by atoms with Crippen molar-refractivity contribution in [3.63, 3.8) is 0 Å². The molecule has 0 spiro atoms. The van der Waals surface area contributed by atoms with Crippen molar-refractivity contribution in [1.29, 1.82) is 0 Å². The molecule has 2 aliphatic heterocycles. The highest BCUT2D eigenvalue weighted by atomic mass is 19.4. The van der Waals surface area contributed by atoms with Crippen molar-refractivity contribution in [3.05, 3.63) is 76.4 Å². The first-order valence-corrected chi connectivity index (χ1v) is 13.4. The van der Waals surface area contributed by atoms with Crippen LogP contribution in [0.4, 0.5) is 23.2 Å². The van der Waals surface area contributed by atoms with Crippen LogP contribution in [0.3, 0.4) is 0 Å².